The minimum absolute atomic E-state index is 0.0267. The van der Waals surface area contributed by atoms with Gasteiger partial charge < -0.3 is 5.73 Å². The maximum atomic E-state index is 11.1. The number of aryl methyl sites for hydroxylation is 2. The lowest BCUT2D eigenvalue weighted by Gasteiger charge is -2.11. The van der Waals surface area contributed by atoms with E-state index in [0.29, 0.717) is 6.04 Å². The van der Waals surface area contributed by atoms with Gasteiger partial charge in [-0.15, -0.1) is 0 Å². The molecule has 2 aliphatic carbocycles. The summed E-state index contributed by atoms with van der Waals surface area (Å²) < 4.78 is 43.6. The van der Waals surface area contributed by atoms with Gasteiger partial charge in [0.05, 0.1) is 12.5 Å². The van der Waals surface area contributed by atoms with E-state index in [1.807, 2.05) is 18.2 Å². The minimum atomic E-state index is -3.19. The molecule has 0 saturated heterocycles. The summed E-state index contributed by atoms with van der Waals surface area (Å²) in [6.07, 6.45) is 6.24. The van der Waals surface area contributed by atoms with Crippen molar-refractivity contribution in [2.24, 2.45) is 5.73 Å². The standard InChI is InChI=1S/C10H13NO2S.C9H11N.CH3ClO2S/c1-14(12,13)11-10-7-6-8-4-2-3-5-9(8)10;10-9-6-5-7-3-1-2-4-8(7)9;1-5(2,3)4/h2-5,10-11H,6-7H2,1H3;1-4,9H,5-6,10H2;1H3/t10-;9-;/m00./s1. The van der Waals surface area contributed by atoms with Crippen molar-refractivity contribution >= 4 is 29.8 Å². The van der Waals surface area contributed by atoms with E-state index < -0.39 is 19.1 Å². The first-order chi connectivity index (χ1) is 13.4. The molecule has 0 bridgehead atoms. The van der Waals surface area contributed by atoms with Crippen LogP contribution in [0.3, 0.4) is 0 Å². The van der Waals surface area contributed by atoms with Gasteiger partial charge >= 0.3 is 0 Å². The second-order valence-corrected chi connectivity index (χ2v) is 12.0. The zero-order valence-corrected chi connectivity index (χ0v) is 18.9. The summed E-state index contributed by atoms with van der Waals surface area (Å²) in [5.41, 5.74) is 11.0. The van der Waals surface area contributed by atoms with E-state index in [9.17, 15) is 16.8 Å². The van der Waals surface area contributed by atoms with Gasteiger partial charge in [-0.25, -0.2) is 21.6 Å². The maximum Gasteiger partial charge on any atom is 0.229 e. The van der Waals surface area contributed by atoms with E-state index in [0.717, 1.165) is 37.5 Å². The van der Waals surface area contributed by atoms with Crippen LogP contribution < -0.4 is 10.5 Å². The second-order valence-electron chi connectivity index (χ2n) is 7.21. The Morgan fingerprint density at radius 2 is 1.31 bits per heavy atom. The number of hydrogen-bond acceptors (Lipinski definition) is 5. The Kier molecular flexibility index (Phi) is 8.25. The third-order valence-corrected chi connectivity index (χ3v) is 5.38. The number of benzene rings is 2. The van der Waals surface area contributed by atoms with Gasteiger partial charge in [0.1, 0.15) is 0 Å². The Morgan fingerprint density at radius 3 is 1.83 bits per heavy atom. The normalized spacial score (nSPS) is 19.9. The van der Waals surface area contributed by atoms with E-state index in [-0.39, 0.29) is 6.04 Å². The zero-order valence-electron chi connectivity index (χ0n) is 16.5. The highest BCUT2D eigenvalue weighted by Gasteiger charge is 2.24. The van der Waals surface area contributed by atoms with Gasteiger partial charge in [-0.1, -0.05) is 48.5 Å². The molecule has 0 radical (unpaired) electrons. The summed E-state index contributed by atoms with van der Waals surface area (Å²) in [6.45, 7) is 0. The van der Waals surface area contributed by atoms with Crippen LogP contribution in [0.15, 0.2) is 48.5 Å². The van der Waals surface area contributed by atoms with Gasteiger partial charge in [0.25, 0.3) is 0 Å². The maximum absolute atomic E-state index is 11.1. The van der Waals surface area contributed by atoms with Crippen LogP contribution in [0.2, 0.25) is 0 Å². The van der Waals surface area contributed by atoms with E-state index in [2.05, 4.69) is 45.7 Å². The highest BCUT2D eigenvalue weighted by molar-refractivity contribution is 8.13. The van der Waals surface area contributed by atoms with Crippen molar-refractivity contribution in [3.63, 3.8) is 0 Å². The summed E-state index contributed by atoms with van der Waals surface area (Å²) >= 11 is 0. The third kappa shape index (κ3) is 8.44. The Bertz CT molecular complexity index is 1030. The van der Waals surface area contributed by atoms with Crippen LogP contribution in [0.25, 0.3) is 0 Å². The predicted octanol–water partition coefficient (Wildman–Crippen LogP) is 3.04. The largest absolute Gasteiger partial charge is 0.324 e. The summed E-state index contributed by atoms with van der Waals surface area (Å²) in [5, 5.41) is 0. The Balaban J connectivity index is 0.000000175. The van der Waals surface area contributed by atoms with Gasteiger partial charge in [-0.3, -0.25) is 0 Å². The minimum Gasteiger partial charge on any atom is -0.324 e. The molecular weight excluding hydrogens is 432 g/mol. The highest BCUT2D eigenvalue weighted by atomic mass is 35.7. The smallest absolute Gasteiger partial charge is 0.229 e. The Hall–Kier alpha value is -1.45. The molecule has 0 heterocycles. The quantitative estimate of drug-likeness (QED) is 0.672. The summed E-state index contributed by atoms with van der Waals surface area (Å²) in [4.78, 5) is 0. The van der Waals surface area contributed by atoms with Crippen LogP contribution in [0.5, 0.6) is 0 Å². The summed E-state index contributed by atoms with van der Waals surface area (Å²) in [5.74, 6) is 0. The lowest BCUT2D eigenvalue weighted by Crippen LogP contribution is -2.25. The number of sulfonamides is 1. The lowest BCUT2D eigenvalue weighted by atomic mass is 10.1. The second kappa shape index (κ2) is 10.0. The SMILES string of the molecule is CS(=O)(=O)Cl.CS(=O)(=O)N[C@H]1CCc2ccccc21.N[C@H]1CCc2ccccc21. The van der Waals surface area contributed by atoms with E-state index in [1.165, 1.54) is 22.9 Å². The molecule has 0 fully saturated rings. The molecule has 2 aromatic carbocycles. The number of rotatable bonds is 2. The molecule has 2 atom stereocenters. The average molecular weight is 459 g/mol. The van der Waals surface area contributed by atoms with Crippen molar-refractivity contribution < 1.29 is 16.8 Å². The fourth-order valence-electron chi connectivity index (χ4n) is 3.53. The van der Waals surface area contributed by atoms with E-state index in [1.54, 1.807) is 0 Å². The molecule has 0 aliphatic heterocycles. The molecule has 3 N–H and O–H groups in total. The van der Waals surface area contributed by atoms with Crippen molar-refractivity contribution in [3.8, 4) is 0 Å². The van der Waals surface area contributed by atoms with Gasteiger partial charge in [0.15, 0.2) is 0 Å². The molecule has 0 saturated carbocycles. The molecule has 0 spiro atoms. The van der Waals surface area contributed by atoms with Crippen LogP contribution >= 0.6 is 10.7 Å². The lowest BCUT2D eigenvalue weighted by molar-refractivity contribution is 0.560. The highest BCUT2D eigenvalue weighted by Crippen LogP contribution is 2.31. The number of fused-ring (bicyclic) bond motifs is 2. The van der Waals surface area contributed by atoms with Crippen molar-refractivity contribution in [1.29, 1.82) is 0 Å². The molecule has 6 nitrogen and oxygen atoms in total. The van der Waals surface area contributed by atoms with Crippen LogP contribution in [0.1, 0.15) is 47.2 Å². The van der Waals surface area contributed by atoms with Crippen molar-refractivity contribution in [3.05, 3.63) is 70.8 Å². The number of nitrogens with one attached hydrogen (secondary N) is 1. The fraction of sp³-hybridized carbons (Fsp3) is 0.400. The molecule has 0 unspecified atom stereocenters. The molecule has 160 valence electrons. The molecule has 0 amide bonds. The summed E-state index contributed by atoms with van der Waals surface area (Å²) in [7, 11) is -1.79. The van der Waals surface area contributed by atoms with Gasteiger partial charge in [0, 0.05) is 22.8 Å². The molecule has 2 aromatic rings. The summed E-state index contributed by atoms with van der Waals surface area (Å²) in [6, 6.07) is 16.7. The van der Waals surface area contributed by atoms with Gasteiger partial charge in [-0.2, -0.15) is 0 Å². The number of halogens is 1. The van der Waals surface area contributed by atoms with Gasteiger partial charge in [0.2, 0.25) is 19.1 Å². The Morgan fingerprint density at radius 1 is 0.862 bits per heavy atom. The van der Waals surface area contributed by atoms with E-state index >= 15 is 0 Å². The van der Waals surface area contributed by atoms with Crippen molar-refractivity contribution in [1.82, 2.24) is 4.72 Å². The number of nitrogens with two attached hydrogens (primary N) is 1. The topological polar surface area (TPSA) is 106 Å². The predicted molar refractivity (Wildman–Crippen MR) is 118 cm³/mol. The zero-order chi connectivity index (χ0) is 21.7. The Labute approximate surface area is 177 Å². The first kappa shape index (κ1) is 23.8. The fourth-order valence-corrected chi connectivity index (χ4v) is 4.29. The van der Waals surface area contributed by atoms with Crippen LogP contribution in [-0.4, -0.2) is 29.3 Å². The van der Waals surface area contributed by atoms with E-state index in [4.69, 9.17) is 5.73 Å². The third-order valence-electron chi connectivity index (χ3n) is 4.67. The molecule has 29 heavy (non-hydrogen) atoms. The monoisotopic (exact) mass is 458 g/mol. The van der Waals surface area contributed by atoms with Crippen molar-refractivity contribution in [2.45, 2.75) is 37.8 Å². The van der Waals surface area contributed by atoms with Crippen LogP contribution in [-0.2, 0) is 31.9 Å². The molecule has 4 rings (SSSR count). The van der Waals surface area contributed by atoms with Crippen molar-refractivity contribution in [2.75, 3.05) is 12.5 Å². The molecular formula is C20H27ClN2O4S2. The number of hydrogen-bond donors (Lipinski definition) is 2. The average Bonchev–Trinajstić information content (AvgIpc) is 3.18. The molecule has 0 aromatic heterocycles. The first-order valence-corrected chi connectivity index (χ1v) is 13.8. The molecule has 2 aliphatic rings. The van der Waals surface area contributed by atoms with Gasteiger partial charge in [-0.05, 0) is 47.9 Å². The van der Waals surface area contributed by atoms with Crippen LogP contribution in [0.4, 0.5) is 0 Å². The molecule has 9 heteroatoms. The first-order valence-electron chi connectivity index (χ1n) is 9.22. The van der Waals surface area contributed by atoms with Crippen LogP contribution in [0, 0.1) is 0 Å².